The molecule has 0 aromatic heterocycles. The minimum absolute atomic E-state index is 0.204. The van der Waals surface area contributed by atoms with E-state index in [1.807, 2.05) is 0 Å². The summed E-state index contributed by atoms with van der Waals surface area (Å²) in [5.74, 6) is 5.11. The van der Waals surface area contributed by atoms with E-state index in [4.69, 9.17) is 11.6 Å². The Morgan fingerprint density at radius 2 is 2.33 bits per heavy atom. The second kappa shape index (κ2) is 4.34. The molecule has 52 valence electrons. The predicted octanol–water partition coefficient (Wildman–Crippen LogP) is -0.327. The van der Waals surface area contributed by atoms with Crippen LogP contribution in [0.4, 0.5) is 0 Å². The molecule has 0 unspecified atom stereocenters. The Morgan fingerprint density at radius 3 is 2.67 bits per heavy atom. The van der Waals surface area contributed by atoms with Gasteiger partial charge >= 0.3 is 0 Å². The highest BCUT2D eigenvalue weighted by molar-refractivity contribution is 9.11. The topological polar surface area (TPSA) is 76.4 Å². The first-order chi connectivity index (χ1) is 4.16. The smallest absolute Gasteiger partial charge is 0.203 e. The molecule has 0 radical (unpaired) electrons. The molecule has 0 aromatic rings. The van der Waals surface area contributed by atoms with E-state index >= 15 is 0 Å². The molecule has 0 aliphatic heterocycles. The van der Waals surface area contributed by atoms with Crippen molar-refractivity contribution in [2.75, 3.05) is 6.54 Å². The zero-order valence-electron chi connectivity index (χ0n) is 4.89. The van der Waals surface area contributed by atoms with Crippen molar-refractivity contribution in [1.29, 1.82) is 0 Å². The number of guanidine groups is 1. The fourth-order valence-electron chi connectivity index (χ4n) is 0.217. The lowest BCUT2D eigenvalue weighted by atomic mass is 10.6. The van der Waals surface area contributed by atoms with Crippen LogP contribution < -0.4 is 17.0 Å². The maximum atomic E-state index is 5.17. The van der Waals surface area contributed by atoms with Crippen LogP contribution in [0, 0.1) is 0 Å². The van der Waals surface area contributed by atoms with Crippen LogP contribution in [0.25, 0.3) is 0 Å². The SMILES string of the molecule is C=C(Br)CN=C(N)NN. The molecule has 0 aliphatic rings. The lowest BCUT2D eigenvalue weighted by Crippen LogP contribution is -2.37. The van der Waals surface area contributed by atoms with Crippen LogP contribution in [0.1, 0.15) is 0 Å². The van der Waals surface area contributed by atoms with Gasteiger partial charge in [0.2, 0.25) is 5.96 Å². The molecule has 5 heteroatoms. The average molecular weight is 193 g/mol. The lowest BCUT2D eigenvalue weighted by Gasteiger charge is -1.95. The van der Waals surface area contributed by atoms with Gasteiger partial charge in [-0.2, -0.15) is 0 Å². The van der Waals surface area contributed by atoms with E-state index in [9.17, 15) is 0 Å². The van der Waals surface area contributed by atoms with Gasteiger partial charge in [-0.3, -0.25) is 5.43 Å². The van der Waals surface area contributed by atoms with Crippen molar-refractivity contribution in [2.45, 2.75) is 0 Å². The molecule has 0 aliphatic carbocycles. The number of rotatable bonds is 2. The summed E-state index contributed by atoms with van der Waals surface area (Å²) in [6, 6.07) is 0. The van der Waals surface area contributed by atoms with Gasteiger partial charge in [0, 0.05) is 4.48 Å². The standard InChI is InChI=1S/C4H9BrN4/c1-3(5)2-8-4(6)9-7/h1-2,7H2,(H3,6,8,9). The number of nitrogens with two attached hydrogens (primary N) is 2. The van der Waals surface area contributed by atoms with Gasteiger partial charge < -0.3 is 5.73 Å². The highest BCUT2D eigenvalue weighted by Crippen LogP contribution is 1.98. The van der Waals surface area contributed by atoms with Gasteiger partial charge in [-0.25, -0.2) is 10.8 Å². The quantitative estimate of drug-likeness (QED) is 0.243. The predicted molar refractivity (Wildman–Crippen MR) is 41.9 cm³/mol. The van der Waals surface area contributed by atoms with Crippen LogP contribution >= 0.6 is 15.9 Å². The molecular weight excluding hydrogens is 184 g/mol. The third-order valence-corrected chi connectivity index (χ3v) is 0.820. The highest BCUT2D eigenvalue weighted by Gasteiger charge is 1.85. The molecule has 4 nitrogen and oxygen atoms in total. The van der Waals surface area contributed by atoms with E-state index in [1.54, 1.807) is 0 Å². The molecular formula is C4H9BrN4. The molecule has 0 saturated heterocycles. The van der Waals surface area contributed by atoms with E-state index in [2.05, 4.69) is 32.9 Å². The Morgan fingerprint density at radius 1 is 1.78 bits per heavy atom. The normalized spacial score (nSPS) is 11.1. The van der Waals surface area contributed by atoms with Crippen molar-refractivity contribution < 1.29 is 0 Å². The first kappa shape index (κ1) is 8.45. The summed E-state index contributed by atoms with van der Waals surface area (Å²) in [6.45, 7) is 3.99. The molecule has 0 aromatic carbocycles. The van der Waals surface area contributed by atoms with Crippen LogP contribution in [0.3, 0.4) is 0 Å². The van der Waals surface area contributed by atoms with E-state index < -0.39 is 0 Å². The second-order valence-electron chi connectivity index (χ2n) is 1.36. The van der Waals surface area contributed by atoms with Gasteiger partial charge in [0.25, 0.3) is 0 Å². The minimum Gasteiger partial charge on any atom is -0.369 e. The molecule has 0 atom stereocenters. The third kappa shape index (κ3) is 5.32. The number of nitrogens with one attached hydrogen (secondary N) is 1. The molecule has 0 heterocycles. The summed E-state index contributed by atoms with van der Waals surface area (Å²) in [4.78, 5) is 3.75. The first-order valence-corrected chi connectivity index (χ1v) is 3.06. The van der Waals surface area contributed by atoms with Crippen molar-refractivity contribution >= 4 is 21.9 Å². The Hall–Kier alpha value is -0.550. The average Bonchev–Trinajstić information content (AvgIpc) is 1.83. The van der Waals surface area contributed by atoms with Crippen molar-refractivity contribution in [3.8, 4) is 0 Å². The van der Waals surface area contributed by atoms with Crippen molar-refractivity contribution in [2.24, 2.45) is 16.6 Å². The summed E-state index contributed by atoms with van der Waals surface area (Å²) in [6.07, 6.45) is 0. The molecule has 5 N–H and O–H groups in total. The Bertz CT molecular complexity index is 131. The number of hydrazine groups is 1. The minimum atomic E-state index is 0.204. The fraction of sp³-hybridized carbons (Fsp3) is 0.250. The Labute approximate surface area is 62.1 Å². The Kier molecular flexibility index (Phi) is 4.08. The lowest BCUT2D eigenvalue weighted by molar-refractivity contribution is 0.988. The van der Waals surface area contributed by atoms with Gasteiger partial charge in [0.05, 0.1) is 6.54 Å². The van der Waals surface area contributed by atoms with Crippen LogP contribution in [-0.2, 0) is 0 Å². The molecule has 0 fully saturated rings. The van der Waals surface area contributed by atoms with Crippen molar-refractivity contribution in [3.63, 3.8) is 0 Å². The molecule has 0 rings (SSSR count). The van der Waals surface area contributed by atoms with Gasteiger partial charge in [0.1, 0.15) is 0 Å². The zero-order valence-corrected chi connectivity index (χ0v) is 6.48. The number of aliphatic imine (C=N–C) groups is 1. The monoisotopic (exact) mass is 192 g/mol. The summed E-state index contributed by atoms with van der Waals surface area (Å²) in [5.41, 5.74) is 7.36. The van der Waals surface area contributed by atoms with E-state index in [1.165, 1.54) is 0 Å². The number of hydrogen-bond donors (Lipinski definition) is 3. The molecule has 0 amide bonds. The number of nitrogens with zero attached hydrogens (tertiary/aromatic N) is 1. The van der Waals surface area contributed by atoms with Crippen molar-refractivity contribution in [1.82, 2.24) is 5.43 Å². The van der Waals surface area contributed by atoms with Crippen LogP contribution in [0.2, 0.25) is 0 Å². The summed E-state index contributed by atoms with van der Waals surface area (Å²) >= 11 is 3.11. The maximum absolute atomic E-state index is 5.17. The van der Waals surface area contributed by atoms with Crippen LogP contribution in [0.5, 0.6) is 0 Å². The number of halogens is 1. The molecule has 0 bridgehead atoms. The summed E-state index contributed by atoms with van der Waals surface area (Å²) < 4.78 is 0.765. The first-order valence-electron chi connectivity index (χ1n) is 2.26. The highest BCUT2D eigenvalue weighted by atomic mass is 79.9. The van der Waals surface area contributed by atoms with Crippen LogP contribution in [-0.4, -0.2) is 12.5 Å². The maximum Gasteiger partial charge on any atom is 0.203 e. The van der Waals surface area contributed by atoms with Crippen LogP contribution in [0.15, 0.2) is 16.1 Å². The fourth-order valence-corrected chi connectivity index (χ4v) is 0.342. The van der Waals surface area contributed by atoms with Gasteiger partial charge in [-0.1, -0.05) is 22.5 Å². The molecule has 9 heavy (non-hydrogen) atoms. The van der Waals surface area contributed by atoms with Crippen molar-refractivity contribution in [3.05, 3.63) is 11.1 Å². The largest absolute Gasteiger partial charge is 0.369 e. The molecule has 0 saturated carbocycles. The third-order valence-electron chi connectivity index (χ3n) is 0.569. The van der Waals surface area contributed by atoms with Gasteiger partial charge in [-0.05, 0) is 0 Å². The van der Waals surface area contributed by atoms with E-state index in [0.29, 0.717) is 6.54 Å². The summed E-state index contributed by atoms with van der Waals surface area (Å²) in [5, 5.41) is 0. The van der Waals surface area contributed by atoms with E-state index in [0.717, 1.165) is 4.48 Å². The summed E-state index contributed by atoms with van der Waals surface area (Å²) in [7, 11) is 0. The zero-order chi connectivity index (χ0) is 7.28. The van der Waals surface area contributed by atoms with Gasteiger partial charge in [0.15, 0.2) is 0 Å². The Balaban J connectivity index is 3.56. The molecule has 0 spiro atoms. The number of hydrogen-bond acceptors (Lipinski definition) is 2. The van der Waals surface area contributed by atoms with Gasteiger partial charge in [-0.15, -0.1) is 0 Å². The van der Waals surface area contributed by atoms with E-state index in [-0.39, 0.29) is 5.96 Å². The second-order valence-corrected chi connectivity index (χ2v) is 2.48.